The van der Waals surface area contributed by atoms with Crippen LogP contribution in [0.1, 0.15) is 64.7 Å². The van der Waals surface area contributed by atoms with E-state index in [1.807, 2.05) is 5.01 Å². The lowest BCUT2D eigenvalue weighted by Crippen LogP contribution is -2.32. The summed E-state index contributed by atoms with van der Waals surface area (Å²) in [6.45, 7) is 7.48. The second kappa shape index (κ2) is 16.9. The third-order valence-corrected chi connectivity index (χ3v) is 3.48. The number of hydrazine groups is 2. The lowest BCUT2D eigenvalue weighted by atomic mass is 10.2. The summed E-state index contributed by atoms with van der Waals surface area (Å²) in [6, 6.07) is 0. The maximum atomic E-state index is 5.83. The van der Waals surface area contributed by atoms with Crippen molar-refractivity contribution in [2.75, 3.05) is 32.7 Å². The molecule has 0 saturated heterocycles. The average molecular weight is 287 g/mol. The Hall–Kier alpha value is -0.200. The van der Waals surface area contributed by atoms with E-state index in [0.717, 1.165) is 39.1 Å². The van der Waals surface area contributed by atoms with Crippen LogP contribution in [0.25, 0.3) is 0 Å². The summed E-state index contributed by atoms with van der Waals surface area (Å²) in [4.78, 5) is 0. The van der Waals surface area contributed by atoms with Crippen LogP contribution in [0, 0.1) is 0 Å². The minimum Gasteiger partial charge on any atom is -0.317 e. The highest BCUT2D eigenvalue weighted by molar-refractivity contribution is 4.53. The quantitative estimate of drug-likeness (QED) is 0.198. The van der Waals surface area contributed by atoms with E-state index in [1.54, 1.807) is 0 Å². The molecular formula is C15H37N5. The Bertz CT molecular complexity index is 178. The van der Waals surface area contributed by atoms with Gasteiger partial charge in [-0.1, -0.05) is 32.6 Å². The van der Waals surface area contributed by atoms with Gasteiger partial charge < -0.3 is 5.32 Å². The van der Waals surface area contributed by atoms with E-state index in [9.17, 15) is 0 Å². The van der Waals surface area contributed by atoms with Gasteiger partial charge in [0.25, 0.3) is 0 Å². The monoisotopic (exact) mass is 287 g/mol. The molecule has 0 aromatic carbocycles. The van der Waals surface area contributed by atoms with Gasteiger partial charge in [0.2, 0.25) is 0 Å². The fourth-order valence-electron chi connectivity index (χ4n) is 2.27. The van der Waals surface area contributed by atoms with Gasteiger partial charge in [0.15, 0.2) is 0 Å². The number of nitrogens with one attached hydrogen (secondary N) is 2. The zero-order valence-electron chi connectivity index (χ0n) is 13.5. The SMILES string of the molecule is CCCN(N)CCCCCCNCCCCCCNN. The largest absolute Gasteiger partial charge is 0.317 e. The van der Waals surface area contributed by atoms with Crippen LogP contribution in [0.3, 0.4) is 0 Å². The van der Waals surface area contributed by atoms with E-state index in [4.69, 9.17) is 11.7 Å². The van der Waals surface area contributed by atoms with Crippen LogP contribution >= 0.6 is 0 Å². The molecule has 0 spiro atoms. The molecule has 0 rings (SSSR count). The molecule has 0 aliphatic carbocycles. The number of hydrogen-bond acceptors (Lipinski definition) is 5. The van der Waals surface area contributed by atoms with Crippen LogP contribution in [-0.4, -0.2) is 37.7 Å². The Balaban J connectivity index is 2.99. The van der Waals surface area contributed by atoms with Gasteiger partial charge >= 0.3 is 0 Å². The molecule has 0 atom stereocenters. The van der Waals surface area contributed by atoms with Crippen LogP contribution < -0.4 is 22.4 Å². The normalized spacial score (nSPS) is 11.4. The minimum atomic E-state index is 0.936. The number of unbranched alkanes of at least 4 members (excludes halogenated alkanes) is 6. The first-order valence-corrected chi connectivity index (χ1v) is 8.45. The van der Waals surface area contributed by atoms with E-state index >= 15 is 0 Å². The van der Waals surface area contributed by atoms with E-state index in [1.165, 1.54) is 51.4 Å². The first kappa shape index (κ1) is 19.8. The van der Waals surface area contributed by atoms with Crippen molar-refractivity contribution in [2.45, 2.75) is 64.7 Å². The molecule has 6 N–H and O–H groups in total. The standard InChI is InChI=1S/C15H37N5/c1-2-14-20(17)15-10-6-5-8-12-18-11-7-3-4-9-13-19-16/h18-19H,2-17H2,1H3. The zero-order valence-corrected chi connectivity index (χ0v) is 13.5. The van der Waals surface area contributed by atoms with Crippen molar-refractivity contribution in [3.05, 3.63) is 0 Å². The summed E-state index contributed by atoms with van der Waals surface area (Å²) >= 11 is 0. The molecule has 5 nitrogen and oxygen atoms in total. The van der Waals surface area contributed by atoms with E-state index in [0.29, 0.717) is 0 Å². The molecule has 20 heavy (non-hydrogen) atoms. The van der Waals surface area contributed by atoms with Crippen molar-refractivity contribution in [1.82, 2.24) is 15.8 Å². The topological polar surface area (TPSA) is 79.3 Å². The Kier molecular flexibility index (Phi) is 16.7. The van der Waals surface area contributed by atoms with Gasteiger partial charge in [-0.25, -0.2) is 5.01 Å². The van der Waals surface area contributed by atoms with Crippen molar-refractivity contribution in [2.24, 2.45) is 11.7 Å². The predicted molar refractivity (Wildman–Crippen MR) is 88.0 cm³/mol. The zero-order chi connectivity index (χ0) is 14.9. The number of hydrogen-bond donors (Lipinski definition) is 4. The molecule has 5 heteroatoms. The lowest BCUT2D eigenvalue weighted by Gasteiger charge is -2.14. The van der Waals surface area contributed by atoms with Gasteiger partial charge in [0, 0.05) is 19.6 Å². The fraction of sp³-hybridized carbons (Fsp3) is 1.00. The minimum absolute atomic E-state index is 0.936. The van der Waals surface area contributed by atoms with Crippen LogP contribution in [0.4, 0.5) is 0 Å². The van der Waals surface area contributed by atoms with Crippen molar-refractivity contribution < 1.29 is 0 Å². The summed E-state index contributed by atoms with van der Waals surface area (Å²) in [5, 5.41) is 5.46. The molecular weight excluding hydrogens is 250 g/mol. The molecule has 122 valence electrons. The molecule has 0 aliphatic heterocycles. The molecule has 0 unspecified atom stereocenters. The van der Waals surface area contributed by atoms with Gasteiger partial charge in [0.05, 0.1) is 0 Å². The van der Waals surface area contributed by atoms with E-state index < -0.39 is 0 Å². The van der Waals surface area contributed by atoms with E-state index in [2.05, 4.69) is 17.7 Å². The molecule has 0 saturated carbocycles. The van der Waals surface area contributed by atoms with Crippen LogP contribution in [0.15, 0.2) is 0 Å². The average Bonchev–Trinajstić information content (AvgIpc) is 2.44. The van der Waals surface area contributed by atoms with Crippen molar-refractivity contribution >= 4 is 0 Å². The summed E-state index contributed by atoms with van der Waals surface area (Å²) in [6.07, 6.45) is 11.3. The highest BCUT2D eigenvalue weighted by Gasteiger charge is 1.96. The molecule has 0 aromatic heterocycles. The number of nitrogens with zero attached hydrogens (tertiary/aromatic N) is 1. The summed E-state index contributed by atoms with van der Waals surface area (Å²) in [5.74, 6) is 11.1. The second-order valence-corrected chi connectivity index (χ2v) is 5.57. The molecule has 0 aliphatic rings. The van der Waals surface area contributed by atoms with Crippen molar-refractivity contribution in [3.63, 3.8) is 0 Å². The fourth-order valence-corrected chi connectivity index (χ4v) is 2.27. The van der Waals surface area contributed by atoms with Gasteiger partial charge in [-0.3, -0.25) is 17.1 Å². The smallest absolute Gasteiger partial charge is 0.0128 e. The number of rotatable bonds is 16. The summed E-state index contributed by atoms with van der Waals surface area (Å²) in [7, 11) is 0. The predicted octanol–water partition coefficient (Wildman–Crippen LogP) is 1.75. The molecule has 0 amide bonds. The first-order valence-electron chi connectivity index (χ1n) is 8.45. The third-order valence-electron chi connectivity index (χ3n) is 3.48. The van der Waals surface area contributed by atoms with Crippen LogP contribution in [0.2, 0.25) is 0 Å². The molecule has 0 heterocycles. The van der Waals surface area contributed by atoms with E-state index in [-0.39, 0.29) is 0 Å². The highest BCUT2D eigenvalue weighted by Crippen LogP contribution is 2.01. The van der Waals surface area contributed by atoms with Crippen LogP contribution in [0.5, 0.6) is 0 Å². The molecule has 0 radical (unpaired) electrons. The third kappa shape index (κ3) is 15.9. The summed E-state index contributed by atoms with van der Waals surface area (Å²) < 4.78 is 0. The Morgan fingerprint density at radius 3 is 1.85 bits per heavy atom. The molecule has 0 bridgehead atoms. The maximum absolute atomic E-state index is 5.83. The summed E-state index contributed by atoms with van der Waals surface area (Å²) in [5.41, 5.74) is 2.69. The first-order chi connectivity index (χ1) is 9.81. The lowest BCUT2D eigenvalue weighted by molar-refractivity contribution is 0.276. The maximum Gasteiger partial charge on any atom is 0.0128 e. The van der Waals surface area contributed by atoms with Crippen molar-refractivity contribution in [3.8, 4) is 0 Å². The highest BCUT2D eigenvalue weighted by atomic mass is 15.4. The van der Waals surface area contributed by atoms with Gasteiger partial charge in [0.1, 0.15) is 0 Å². The number of nitrogens with two attached hydrogens (primary N) is 2. The molecule has 0 fully saturated rings. The van der Waals surface area contributed by atoms with Crippen molar-refractivity contribution in [1.29, 1.82) is 0 Å². The second-order valence-electron chi connectivity index (χ2n) is 5.57. The Morgan fingerprint density at radius 2 is 1.30 bits per heavy atom. The molecule has 0 aromatic rings. The van der Waals surface area contributed by atoms with Crippen LogP contribution in [-0.2, 0) is 0 Å². The Labute approximate surface area is 125 Å². The Morgan fingerprint density at radius 1 is 0.750 bits per heavy atom. The van der Waals surface area contributed by atoms with Gasteiger partial charge in [-0.05, 0) is 45.2 Å². The van der Waals surface area contributed by atoms with Gasteiger partial charge in [-0.15, -0.1) is 0 Å². The van der Waals surface area contributed by atoms with Gasteiger partial charge in [-0.2, -0.15) is 0 Å².